The fraction of sp³-hybridized carbons (Fsp3) is 0.150. The molecule has 142 valence electrons. The lowest BCUT2D eigenvalue weighted by Gasteiger charge is -2.18. The van der Waals surface area contributed by atoms with Crippen LogP contribution in [0.4, 0.5) is 15.8 Å². The van der Waals surface area contributed by atoms with E-state index in [9.17, 15) is 14.0 Å². The van der Waals surface area contributed by atoms with Gasteiger partial charge in [0.05, 0.1) is 28.8 Å². The van der Waals surface area contributed by atoms with Gasteiger partial charge >= 0.3 is 0 Å². The number of aromatic nitrogens is 2. The number of benzene rings is 2. The Morgan fingerprint density at radius 2 is 2.07 bits per heavy atom. The number of hydrogen-bond donors (Lipinski definition) is 2. The van der Waals surface area contributed by atoms with E-state index < -0.39 is 0 Å². The zero-order valence-corrected chi connectivity index (χ0v) is 15.0. The predicted octanol–water partition coefficient (Wildman–Crippen LogP) is 3.16. The molecule has 0 saturated heterocycles. The molecule has 8 heteroatoms. The predicted molar refractivity (Wildman–Crippen MR) is 101 cm³/mol. The van der Waals surface area contributed by atoms with Gasteiger partial charge in [-0.15, -0.1) is 0 Å². The van der Waals surface area contributed by atoms with Crippen LogP contribution in [0, 0.1) is 5.82 Å². The monoisotopic (exact) mass is 380 g/mol. The first kappa shape index (κ1) is 17.7. The maximum atomic E-state index is 13.2. The molecule has 1 aromatic heterocycles. The molecule has 0 atom stereocenters. The number of anilines is 2. The van der Waals surface area contributed by atoms with Gasteiger partial charge in [-0.2, -0.15) is 5.10 Å². The van der Waals surface area contributed by atoms with Gasteiger partial charge in [0.25, 0.3) is 11.8 Å². The molecule has 3 aromatic rings. The van der Waals surface area contributed by atoms with Crippen molar-refractivity contribution in [3.8, 4) is 11.4 Å². The number of carbonyl (C=O) groups excluding carboxylic acids is 2. The number of halogens is 1. The Labute approximate surface area is 160 Å². The van der Waals surface area contributed by atoms with Crippen molar-refractivity contribution >= 4 is 23.2 Å². The highest BCUT2D eigenvalue weighted by molar-refractivity contribution is 6.05. The van der Waals surface area contributed by atoms with Crippen LogP contribution in [-0.2, 0) is 11.2 Å². The van der Waals surface area contributed by atoms with E-state index in [0.29, 0.717) is 40.5 Å². The average Bonchev–Trinajstić information content (AvgIpc) is 3.12. The standard InChI is InChI=1S/C20H17FN4O3/c1-2-17-15(10-22-25(17)14-6-3-12(21)4-7-14)20(27)23-13-5-8-18-16(9-13)24-19(26)11-28-18/h3-10H,2,11H2,1H3,(H,23,27)(H,24,26). The summed E-state index contributed by atoms with van der Waals surface area (Å²) in [5, 5.41) is 9.80. The number of nitrogens with zero attached hydrogens (tertiary/aromatic N) is 2. The molecule has 1 aliphatic rings. The molecule has 4 rings (SSSR count). The summed E-state index contributed by atoms with van der Waals surface area (Å²) in [6.45, 7) is 1.89. The first-order valence-corrected chi connectivity index (χ1v) is 8.76. The number of fused-ring (bicyclic) bond motifs is 1. The van der Waals surface area contributed by atoms with E-state index in [4.69, 9.17) is 4.74 Å². The van der Waals surface area contributed by atoms with Crippen molar-refractivity contribution in [2.24, 2.45) is 0 Å². The maximum absolute atomic E-state index is 13.2. The minimum absolute atomic E-state index is 0.0267. The van der Waals surface area contributed by atoms with E-state index in [2.05, 4.69) is 15.7 Å². The number of hydrogen-bond acceptors (Lipinski definition) is 4. The van der Waals surface area contributed by atoms with E-state index in [1.807, 2.05) is 6.92 Å². The van der Waals surface area contributed by atoms with Gasteiger partial charge in [-0.05, 0) is 48.9 Å². The number of amides is 2. The third-order valence-electron chi connectivity index (χ3n) is 4.39. The SMILES string of the molecule is CCc1c(C(=O)Nc2ccc3c(c2)NC(=O)CO3)cnn1-c1ccc(F)cc1. The summed E-state index contributed by atoms with van der Waals surface area (Å²) in [5.74, 6) is -0.357. The molecule has 2 heterocycles. The molecule has 0 spiro atoms. The van der Waals surface area contributed by atoms with Crippen LogP contribution in [0.25, 0.3) is 5.69 Å². The minimum atomic E-state index is -0.338. The van der Waals surface area contributed by atoms with Crippen molar-refractivity contribution in [2.75, 3.05) is 17.2 Å². The second-order valence-corrected chi connectivity index (χ2v) is 6.25. The van der Waals surface area contributed by atoms with Crippen molar-refractivity contribution < 1.29 is 18.7 Å². The van der Waals surface area contributed by atoms with Crippen LogP contribution in [-0.4, -0.2) is 28.2 Å². The highest BCUT2D eigenvalue weighted by Gasteiger charge is 2.19. The van der Waals surface area contributed by atoms with E-state index in [-0.39, 0.29) is 24.2 Å². The fourth-order valence-electron chi connectivity index (χ4n) is 3.07. The van der Waals surface area contributed by atoms with Gasteiger partial charge in [-0.25, -0.2) is 9.07 Å². The van der Waals surface area contributed by atoms with Gasteiger partial charge < -0.3 is 15.4 Å². The highest BCUT2D eigenvalue weighted by Crippen LogP contribution is 2.30. The van der Waals surface area contributed by atoms with E-state index in [1.54, 1.807) is 35.0 Å². The number of nitrogens with one attached hydrogen (secondary N) is 2. The third kappa shape index (κ3) is 3.32. The van der Waals surface area contributed by atoms with Crippen molar-refractivity contribution in [3.63, 3.8) is 0 Å². The van der Waals surface area contributed by atoms with Gasteiger partial charge in [0, 0.05) is 5.69 Å². The molecule has 0 aliphatic carbocycles. The van der Waals surface area contributed by atoms with Gasteiger partial charge in [0.2, 0.25) is 0 Å². The molecular formula is C20H17FN4O3. The average molecular weight is 380 g/mol. The zero-order chi connectivity index (χ0) is 19.7. The minimum Gasteiger partial charge on any atom is -0.482 e. The fourth-order valence-corrected chi connectivity index (χ4v) is 3.07. The van der Waals surface area contributed by atoms with E-state index in [0.717, 1.165) is 0 Å². The van der Waals surface area contributed by atoms with Crippen LogP contribution in [0.15, 0.2) is 48.7 Å². The Balaban J connectivity index is 1.59. The summed E-state index contributed by atoms with van der Waals surface area (Å²) in [7, 11) is 0. The normalized spacial score (nSPS) is 12.7. The lowest BCUT2D eigenvalue weighted by molar-refractivity contribution is -0.118. The summed E-state index contributed by atoms with van der Waals surface area (Å²) in [4.78, 5) is 24.2. The Bertz CT molecular complexity index is 1060. The van der Waals surface area contributed by atoms with Gasteiger partial charge in [0.1, 0.15) is 11.6 Å². The largest absolute Gasteiger partial charge is 0.482 e. The third-order valence-corrected chi connectivity index (χ3v) is 4.39. The molecule has 2 amide bonds. The summed E-state index contributed by atoms with van der Waals surface area (Å²) >= 11 is 0. The Kier molecular flexibility index (Phi) is 4.52. The highest BCUT2D eigenvalue weighted by atomic mass is 19.1. The summed E-state index contributed by atoms with van der Waals surface area (Å²) in [6, 6.07) is 10.9. The number of carbonyl (C=O) groups is 2. The molecule has 0 bridgehead atoms. The molecule has 1 aliphatic heterocycles. The van der Waals surface area contributed by atoms with Crippen LogP contribution in [0.1, 0.15) is 23.0 Å². The maximum Gasteiger partial charge on any atom is 0.262 e. The Morgan fingerprint density at radius 3 is 2.82 bits per heavy atom. The second-order valence-electron chi connectivity index (χ2n) is 6.25. The van der Waals surface area contributed by atoms with Crippen LogP contribution in [0.5, 0.6) is 5.75 Å². The van der Waals surface area contributed by atoms with Crippen LogP contribution >= 0.6 is 0 Å². The molecule has 28 heavy (non-hydrogen) atoms. The lowest BCUT2D eigenvalue weighted by Crippen LogP contribution is -2.25. The Hall–Kier alpha value is -3.68. The number of ether oxygens (including phenoxy) is 1. The molecule has 0 unspecified atom stereocenters. The topological polar surface area (TPSA) is 85.2 Å². The Morgan fingerprint density at radius 1 is 1.29 bits per heavy atom. The molecule has 2 N–H and O–H groups in total. The summed E-state index contributed by atoms with van der Waals surface area (Å²) in [5.41, 5.74) is 2.83. The lowest BCUT2D eigenvalue weighted by atomic mass is 10.1. The van der Waals surface area contributed by atoms with Gasteiger partial charge in [-0.3, -0.25) is 9.59 Å². The first-order valence-electron chi connectivity index (χ1n) is 8.76. The van der Waals surface area contributed by atoms with E-state index >= 15 is 0 Å². The van der Waals surface area contributed by atoms with Crippen LogP contribution < -0.4 is 15.4 Å². The van der Waals surface area contributed by atoms with Crippen molar-refractivity contribution in [3.05, 3.63) is 65.7 Å². The quantitative estimate of drug-likeness (QED) is 0.728. The van der Waals surface area contributed by atoms with Crippen LogP contribution in [0.2, 0.25) is 0 Å². The first-order chi connectivity index (χ1) is 13.5. The van der Waals surface area contributed by atoms with Crippen molar-refractivity contribution in [1.82, 2.24) is 9.78 Å². The summed E-state index contributed by atoms with van der Waals surface area (Å²) in [6.07, 6.45) is 2.05. The molecule has 7 nitrogen and oxygen atoms in total. The number of rotatable bonds is 4. The molecule has 2 aromatic carbocycles. The van der Waals surface area contributed by atoms with Crippen LogP contribution in [0.3, 0.4) is 0 Å². The molecule has 0 fully saturated rings. The van der Waals surface area contributed by atoms with Gasteiger partial charge in [0.15, 0.2) is 6.61 Å². The zero-order valence-electron chi connectivity index (χ0n) is 15.0. The second kappa shape index (κ2) is 7.15. The summed E-state index contributed by atoms with van der Waals surface area (Å²) < 4.78 is 20.1. The van der Waals surface area contributed by atoms with Crippen molar-refractivity contribution in [2.45, 2.75) is 13.3 Å². The van der Waals surface area contributed by atoms with E-state index in [1.165, 1.54) is 18.3 Å². The molecule has 0 radical (unpaired) electrons. The smallest absolute Gasteiger partial charge is 0.262 e. The molecular weight excluding hydrogens is 363 g/mol. The van der Waals surface area contributed by atoms with Gasteiger partial charge in [-0.1, -0.05) is 6.92 Å². The molecule has 0 saturated carbocycles. The van der Waals surface area contributed by atoms with Crippen molar-refractivity contribution in [1.29, 1.82) is 0 Å².